The van der Waals surface area contributed by atoms with E-state index in [0.717, 1.165) is 29.3 Å². The van der Waals surface area contributed by atoms with E-state index in [9.17, 15) is 0 Å². The van der Waals surface area contributed by atoms with Gasteiger partial charge in [0.2, 0.25) is 0 Å². The van der Waals surface area contributed by atoms with Crippen molar-refractivity contribution in [2.24, 2.45) is 23.5 Å². The number of furan rings is 1. The van der Waals surface area contributed by atoms with Crippen molar-refractivity contribution in [1.82, 2.24) is 0 Å². The molecule has 1 aromatic heterocycles. The molecule has 3 atom stereocenters. The van der Waals surface area contributed by atoms with Gasteiger partial charge in [0.15, 0.2) is 0 Å². The Morgan fingerprint density at radius 1 is 1.25 bits per heavy atom. The standard InChI is InChI=1S/C14H21NO/c1-8-7-12(9(2)16-8)14(15)13-10-5-3-4-6-11(10)13/h7,10-11,13-14H,3-6,15H2,1-2H3. The molecule has 0 amide bonds. The third kappa shape index (κ3) is 1.51. The molecule has 3 unspecified atom stereocenters. The van der Waals surface area contributed by atoms with Gasteiger partial charge in [-0.25, -0.2) is 0 Å². The summed E-state index contributed by atoms with van der Waals surface area (Å²) in [7, 11) is 0. The average Bonchev–Trinajstić information content (AvgIpc) is 2.89. The van der Waals surface area contributed by atoms with Crippen molar-refractivity contribution in [3.8, 4) is 0 Å². The Morgan fingerprint density at radius 3 is 2.38 bits per heavy atom. The van der Waals surface area contributed by atoms with E-state index in [-0.39, 0.29) is 6.04 Å². The predicted octanol–water partition coefficient (Wildman–Crippen LogP) is 3.33. The summed E-state index contributed by atoms with van der Waals surface area (Å²) in [5, 5.41) is 0. The van der Waals surface area contributed by atoms with Crippen LogP contribution in [0.5, 0.6) is 0 Å². The van der Waals surface area contributed by atoms with E-state index in [4.69, 9.17) is 10.2 Å². The summed E-state index contributed by atoms with van der Waals surface area (Å²) in [5.41, 5.74) is 7.66. The van der Waals surface area contributed by atoms with E-state index < -0.39 is 0 Å². The van der Waals surface area contributed by atoms with Crippen LogP contribution in [-0.4, -0.2) is 0 Å². The zero-order valence-corrected chi connectivity index (χ0v) is 10.2. The zero-order chi connectivity index (χ0) is 11.3. The molecule has 2 N–H and O–H groups in total. The molecule has 2 fully saturated rings. The maximum atomic E-state index is 6.41. The summed E-state index contributed by atoms with van der Waals surface area (Å²) in [4.78, 5) is 0. The molecule has 88 valence electrons. The molecular weight excluding hydrogens is 198 g/mol. The molecule has 1 heterocycles. The maximum Gasteiger partial charge on any atom is 0.105 e. The molecule has 1 aromatic rings. The van der Waals surface area contributed by atoms with Crippen LogP contribution in [-0.2, 0) is 0 Å². The number of aryl methyl sites for hydroxylation is 2. The fraction of sp³-hybridized carbons (Fsp3) is 0.714. The summed E-state index contributed by atoms with van der Waals surface area (Å²) >= 11 is 0. The Morgan fingerprint density at radius 2 is 1.88 bits per heavy atom. The maximum absolute atomic E-state index is 6.41. The van der Waals surface area contributed by atoms with Crippen LogP contribution in [0.15, 0.2) is 10.5 Å². The minimum Gasteiger partial charge on any atom is -0.466 e. The van der Waals surface area contributed by atoms with Gasteiger partial charge in [0.25, 0.3) is 0 Å². The Hall–Kier alpha value is -0.760. The molecule has 0 saturated heterocycles. The minimum absolute atomic E-state index is 0.213. The number of fused-ring (bicyclic) bond motifs is 1. The number of nitrogens with two attached hydrogens (primary N) is 1. The SMILES string of the molecule is Cc1cc(C(N)C2C3CCCCC32)c(C)o1. The summed E-state index contributed by atoms with van der Waals surface area (Å²) < 4.78 is 5.59. The molecule has 0 aliphatic heterocycles. The number of rotatable bonds is 2. The minimum atomic E-state index is 0.213. The van der Waals surface area contributed by atoms with Crippen molar-refractivity contribution in [3.63, 3.8) is 0 Å². The Balaban J connectivity index is 1.78. The van der Waals surface area contributed by atoms with Crippen molar-refractivity contribution < 1.29 is 4.42 Å². The first-order valence-electron chi connectivity index (χ1n) is 6.51. The molecule has 0 aromatic carbocycles. The van der Waals surface area contributed by atoms with Crippen LogP contribution in [0.4, 0.5) is 0 Å². The normalized spacial score (nSPS) is 34.6. The van der Waals surface area contributed by atoms with Crippen molar-refractivity contribution in [2.45, 2.75) is 45.6 Å². The second-order valence-corrected chi connectivity index (χ2v) is 5.58. The van der Waals surface area contributed by atoms with Crippen LogP contribution in [0.25, 0.3) is 0 Å². The molecule has 0 bridgehead atoms. The van der Waals surface area contributed by atoms with Crippen molar-refractivity contribution in [2.75, 3.05) is 0 Å². The van der Waals surface area contributed by atoms with Crippen LogP contribution >= 0.6 is 0 Å². The van der Waals surface area contributed by atoms with Crippen molar-refractivity contribution in [1.29, 1.82) is 0 Å². The Labute approximate surface area is 97.2 Å². The Kier molecular flexibility index (Phi) is 2.36. The number of hydrogen-bond acceptors (Lipinski definition) is 2. The zero-order valence-electron chi connectivity index (χ0n) is 10.2. The van der Waals surface area contributed by atoms with Gasteiger partial charge in [0.05, 0.1) is 0 Å². The van der Waals surface area contributed by atoms with E-state index in [1.165, 1.54) is 31.2 Å². The largest absolute Gasteiger partial charge is 0.466 e. The van der Waals surface area contributed by atoms with Gasteiger partial charge in [0.1, 0.15) is 11.5 Å². The molecular formula is C14H21NO. The molecule has 2 saturated carbocycles. The fourth-order valence-electron chi connectivity index (χ4n) is 3.77. The second kappa shape index (κ2) is 3.63. The molecule has 2 aliphatic carbocycles. The van der Waals surface area contributed by atoms with Crippen LogP contribution in [0.1, 0.15) is 48.8 Å². The lowest BCUT2D eigenvalue weighted by Gasteiger charge is -2.10. The first-order valence-corrected chi connectivity index (χ1v) is 6.51. The molecule has 2 nitrogen and oxygen atoms in total. The average molecular weight is 219 g/mol. The smallest absolute Gasteiger partial charge is 0.105 e. The summed E-state index contributed by atoms with van der Waals surface area (Å²) in [6.07, 6.45) is 5.62. The van der Waals surface area contributed by atoms with E-state index >= 15 is 0 Å². The molecule has 3 rings (SSSR count). The van der Waals surface area contributed by atoms with E-state index in [2.05, 4.69) is 6.07 Å². The van der Waals surface area contributed by atoms with Crippen LogP contribution < -0.4 is 5.73 Å². The van der Waals surface area contributed by atoms with Crippen LogP contribution in [0, 0.1) is 31.6 Å². The third-order valence-corrected chi connectivity index (χ3v) is 4.58. The van der Waals surface area contributed by atoms with E-state index in [0.29, 0.717) is 0 Å². The first kappa shape index (κ1) is 10.4. The highest BCUT2D eigenvalue weighted by Gasteiger charge is 2.53. The highest BCUT2D eigenvalue weighted by Crippen LogP contribution is 2.60. The number of hydrogen-bond donors (Lipinski definition) is 1. The highest BCUT2D eigenvalue weighted by atomic mass is 16.3. The summed E-state index contributed by atoms with van der Waals surface area (Å²) in [6.45, 7) is 4.04. The summed E-state index contributed by atoms with van der Waals surface area (Å²) in [5.74, 6) is 4.58. The first-order chi connectivity index (χ1) is 7.68. The molecule has 0 radical (unpaired) electrons. The molecule has 16 heavy (non-hydrogen) atoms. The highest BCUT2D eigenvalue weighted by molar-refractivity contribution is 5.27. The van der Waals surface area contributed by atoms with Crippen molar-refractivity contribution >= 4 is 0 Å². The van der Waals surface area contributed by atoms with Crippen LogP contribution in [0.3, 0.4) is 0 Å². The lowest BCUT2D eigenvalue weighted by Crippen LogP contribution is -2.14. The van der Waals surface area contributed by atoms with Crippen molar-refractivity contribution in [3.05, 3.63) is 23.2 Å². The third-order valence-electron chi connectivity index (χ3n) is 4.58. The topological polar surface area (TPSA) is 39.2 Å². The predicted molar refractivity (Wildman–Crippen MR) is 64.0 cm³/mol. The van der Waals surface area contributed by atoms with Gasteiger partial charge in [-0.3, -0.25) is 0 Å². The molecule has 0 spiro atoms. The fourth-order valence-corrected chi connectivity index (χ4v) is 3.77. The van der Waals surface area contributed by atoms with Gasteiger partial charge in [-0.05, 0) is 50.5 Å². The van der Waals surface area contributed by atoms with Gasteiger partial charge in [-0.15, -0.1) is 0 Å². The monoisotopic (exact) mass is 219 g/mol. The molecule has 2 heteroatoms. The second-order valence-electron chi connectivity index (χ2n) is 5.58. The van der Waals surface area contributed by atoms with Gasteiger partial charge >= 0.3 is 0 Å². The van der Waals surface area contributed by atoms with Gasteiger partial charge in [0, 0.05) is 11.6 Å². The van der Waals surface area contributed by atoms with Crippen LogP contribution in [0.2, 0.25) is 0 Å². The van der Waals surface area contributed by atoms with Gasteiger partial charge in [-0.2, -0.15) is 0 Å². The van der Waals surface area contributed by atoms with Gasteiger partial charge < -0.3 is 10.2 Å². The quantitative estimate of drug-likeness (QED) is 0.828. The van der Waals surface area contributed by atoms with E-state index in [1.807, 2.05) is 13.8 Å². The van der Waals surface area contributed by atoms with E-state index in [1.54, 1.807) is 0 Å². The lowest BCUT2D eigenvalue weighted by molar-refractivity contribution is 0.480. The lowest BCUT2D eigenvalue weighted by atomic mass is 10.0. The summed E-state index contributed by atoms with van der Waals surface area (Å²) in [6, 6.07) is 2.34. The molecule has 2 aliphatic rings. The Bertz CT molecular complexity index is 383. The van der Waals surface area contributed by atoms with Gasteiger partial charge in [-0.1, -0.05) is 12.8 Å².